The van der Waals surface area contributed by atoms with E-state index in [0.717, 1.165) is 6.34 Å². The van der Waals surface area contributed by atoms with E-state index < -0.39 is 16.7 Å². The Kier molecular flexibility index (Phi) is 2.96. The number of hydrogen-bond donors (Lipinski definition) is 1. The molecule has 1 aromatic rings. The first-order valence-corrected chi connectivity index (χ1v) is 4.92. The molecule has 0 aromatic heterocycles. The van der Waals surface area contributed by atoms with Gasteiger partial charge in [0, 0.05) is 12.1 Å². The van der Waals surface area contributed by atoms with Gasteiger partial charge >= 0.3 is 0 Å². The highest BCUT2D eigenvalue weighted by molar-refractivity contribution is 6.27. The summed E-state index contributed by atoms with van der Waals surface area (Å²) < 4.78 is 0. The molecule has 1 aliphatic heterocycles. The molecule has 2 rings (SSSR count). The van der Waals surface area contributed by atoms with Gasteiger partial charge in [-0.1, -0.05) is 0 Å². The molecule has 0 saturated heterocycles. The summed E-state index contributed by atoms with van der Waals surface area (Å²) in [7, 11) is 0. The lowest BCUT2D eigenvalue weighted by Crippen LogP contribution is -2.31. The Morgan fingerprint density at radius 1 is 1.22 bits per heavy atom. The Labute approximate surface area is 101 Å². The lowest BCUT2D eigenvalue weighted by atomic mass is 10.1. The molecule has 0 aliphatic carbocycles. The molecular weight excluding hydrogens is 238 g/mol. The summed E-state index contributed by atoms with van der Waals surface area (Å²) in [6, 6.07) is 5.48. The van der Waals surface area contributed by atoms with Crippen molar-refractivity contribution in [2.24, 2.45) is 4.99 Å². The second-order valence-electron chi connectivity index (χ2n) is 3.44. The van der Waals surface area contributed by atoms with Crippen LogP contribution in [0, 0.1) is 10.1 Å². The van der Waals surface area contributed by atoms with Crippen molar-refractivity contribution in [1.29, 1.82) is 0 Å². The minimum absolute atomic E-state index is 0.0606. The topological polar surface area (TPSA) is 102 Å². The van der Waals surface area contributed by atoms with E-state index in [0.29, 0.717) is 5.56 Å². The standard InChI is InChI=1S/C11H7N3O4/c15-10-9(11(16)13-6-12-10)5-7-1-3-8(4-2-7)14(17)18/h1-6H,(H,12,13,15,16). The normalized spacial score (nSPS) is 16.8. The number of nitrogens with one attached hydrogen (secondary N) is 1. The third-order valence-corrected chi connectivity index (χ3v) is 2.27. The fourth-order valence-corrected chi connectivity index (χ4v) is 1.38. The predicted octanol–water partition coefficient (Wildman–Crippen LogP) is 0.663. The molecule has 0 radical (unpaired) electrons. The Balaban J connectivity index is 2.32. The van der Waals surface area contributed by atoms with Gasteiger partial charge in [0.15, 0.2) is 0 Å². The van der Waals surface area contributed by atoms with Gasteiger partial charge in [-0.05, 0) is 23.8 Å². The van der Waals surface area contributed by atoms with Gasteiger partial charge in [-0.3, -0.25) is 19.7 Å². The van der Waals surface area contributed by atoms with Crippen LogP contribution < -0.4 is 5.32 Å². The van der Waals surface area contributed by atoms with Crippen molar-refractivity contribution in [2.75, 3.05) is 0 Å². The molecule has 7 nitrogen and oxygen atoms in total. The zero-order valence-electron chi connectivity index (χ0n) is 8.99. The van der Waals surface area contributed by atoms with Crippen molar-refractivity contribution >= 4 is 29.9 Å². The van der Waals surface area contributed by atoms with E-state index in [1.54, 1.807) is 0 Å². The van der Waals surface area contributed by atoms with E-state index in [-0.39, 0.29) is 11.3 Å². The number of non-ortho nitro benzene ring substituents is 1. The number of carbonyl (C=O) groups is 2. The van der Waals surface area contributed by atoms with Crippen LogP contribution in [-0.4, -0.2) is 23.1 Å². The second kappa shape index (κ2) is 4.58. The van der Waals surface area contributed by atoms with Gasteiger partial charge in [-0.25, -0.2) is 0 Å². The van der Waals surface area contributed by atoms with Crippen LogP contribution in [0.2, 0.25) is 0 Å². The Morgan fingerprint density at radius 3 is 2.44 bits per heavy atom. The van der Waals surface area contributed by atoms with Gasteiger partial charge in [0.05, 0.1) is 11.3 Å². The lowest BCUT2D eigenvalue weighted by Gasteiger charge is -2.06. The number of benzene rings is 1. The molecule has 1 N–H and O–H groups in total. The maximum absolute atomic E-state index is 11.4. The number of hydrogen-bond acceptors (Lipinski definition) is 4. The quantitative estimate of drug-likeness (QED) is 0.358. The van der Waals surface area contributed by atoms with Crippen LogP contribution in [0.15, 0.2) is 34.8 Å². The SMILES string of the molecule is O=C1N=CNC(=O)C1=Cc1ccc([N+](=O)[O-])cc1. The molecule has 0 saturated carbocycles. The largest absolute Gasteiger partial charge is 0.312 e. The smallest absolute Gasteiger partial charge is 0.284 e. The number of nitro benzene ring substituents is 1. The van der Waals surface area contributed by atoms with E-state index in [2.05, 4.69) is 10.3 Å². The highest BCUT2D eigenvalue weighted by Crippen LogP contribution is 2.15. The summed E-state index contributed by atoms with van der Waals surface area (Å²) in [5.74, 6) is -1.19. The molecule has 1 heterocycles. The maximum atomic E-state index is 11.4. The Morgan fingerprint density at radius 2 is 1.89 bits per heavy atom. The van der Waals surface area contributed by atoms with Crippen LogP contribution in [-0.2, 0) is 9.59 Å². The molecule has 0 atom stereocenters. The molecule has 90 valence electrons. The van der Waals surface area contributed by atoms with E-state index >= 15 is 0 Å². The van der Waals surface area contributed by atoms with Crippen LogP contribution in [0.3, 0.4) is 0 Å². The van der Waals surface area contributed by atoms with E-state index in [1.165, 1.54) is 30.3 Å². The van der Waals surface area contributed by atoms with Crippen molar-refractivity contribution in [2.45, 2.75) is 0 Å². The van der Waals surface area contributed by atoms with Gasteiger partial charge in [0.1, 0.15) is 5.57 Å². The summed E-state index contributed by atoms with van der Waals surface area (Å²) in [4.78, 5) is 36.1. The number of rotatable bonds is 2. The first kappa shape index (κ1) is 11.6. The van der Waals surface area contributed by atoms with E-state index in [9.17, 15) is 19.7 Å². The third-order valence-electron chi connectivity index (χ3n) is 2.27. The van der Waals surface area contributed by atoms with Crippen LogP contribution in [0.1, 0.15) is 5.56 Å². The number of nitro groups is 1. The third kappa shape index (κ3) is 2.29. The summed E-state index contributed by atoms with van der Waals surface area (Å²) >= 11 is 0. The minimum atomic E-state index is -0.642. The molecule has 7 heteroatoms. The van der Waals surface area contributed by atoms with Crippen LogP contribution in [0.4, 0.5) is 5.69 Å². The molecule has 0 fully saturated rings. The molecule has 0 unspecified atom stereocenters. The van der Waals surface area contributed by atoms with Crippen molar-refractivity contribution in [3.05, 3.63) is 45.5 Å². The van der Waals surface area contributed by atoms with Gasteiger partial charge in [0.25, 0.3) is 17.5 Å². The molecule has 0 spiro atoms. The van der Waals surface area contributed by atoms with Crippen molar-refractivity contribution in [3.63, 3.8) is 0 Å². The zero-order valence-corrected chi connectivity index (χ0v) is 8.99. The average molecular weight is 245 g/mol. The number of nitrogens with zero attached hydrogens (tertiary/aromatic N) is 2. The van der Waals surface area contributed by atoms with Crippen molar-refractivity contribution in [1.82, 2.24) is 5.32 Å². The first-order valence-electron chi connectivity index (χ1n) is 4.92. The zero-order chi connectivity index (χ0) is 13.1. The fourth-order valence-electron chi connectivity index (χ4n) is 1.38. The minimum Gasteiger partial charge on any atom is -0.312 e. The summed E-state index contributed by atoms with van der Waals surface area (Å²) in [5.41, 5.74) is 0.345. The lowest BCUT2D eigenvalue weighted by molar-refractivity contribution is -0.384. The first-order chi connectivity index (χ1) is 8.58. The summed E-state index contributed by atoms with van der Waals surface area (Å²) in [6.07, 6.45) is 2.36. The molecular formula is C11H7N3O4. The van der Waals surface area contributed by atoms with Crippen molar-refractivity contribution < 1.29 is 14.5 Å². The Hall–Kier alpha value is -2.83. The molecule has 1 aromatic carbocycles. The average Bonchev–Trinajstić information content (AvgIpc) is 2.34. The highest BCUT2D eigenvalue weighted by Gasteiger charge is 2.20. The number of aliphatic imine (C=N–C) groups is 1. The Bertz CT molecular complexity index is 587. The molecule has 18 heavy (non-hydrogen) atoms. The van der Waals surface area contributed by atoms with Crippen molar-refractivity contribution in [3.8, 4) is 0 Å². The van der Waals surface area contributed by atoms with Crippen LogP contribution in [0.5, 0.6) is 0 Å². The van der Waals surface area contributed by atoms with Crippen LogP contribution in [0.25, 0.3) is 6.08 Å². The summed E-state index contributed by atoms with van der Waals surface area (Å²) in [6.45, 7) is 0. The van der Waals surface area contributed by atoms with Gasteiger partial charge in [-0.15, -0.1) is 0 Å². The van der Waals surface area contributed by atoms with E-state index in [1.807, 2.05) is 0 Å². The van der Waals surface area contributed by atoms with Gasteiger partial charge in [0.2, 0.25) is 0 Å². The highest BCUT2D eigenvalue weighted by atomic mass is 16.6. The molecule has 2 amide bonds. The second-order valence-corrected chi connectivity index (χ2v) is 3.44. The fraction of sp³-hybridized carbons (Fsp3) is 0. The number of carbonyl (C=O) groups excluding carboxylic acids is 2. The number of amides is 2. The molecule has 0 bridgehead atoms. The van der Waals surface area contributed by atoms with Gasteiger partial charge < -0.3 is 5.32 Å². The molecule has 1 aliphatic rings. The van der Waals surface area contributed by atoms with Gasteiger partial charge in [-0.2, -0.15) is 4.99 Å². The monoisotopic (exact) mass is 245 g/mol. The van der Waals surface area contributed by atoms with Crippen LogP contribution >= 0.6 is 0 Å². The predicted molar refractivity (Wildman–Crippen MR) is 62.7 cm³/mol. The summed E-state index contributed by atoms with van der Waals surface area (Å²) in [5, 5.41) is 12.7. The maximum Gasteiger partial charge on any atom is 0.284 e. The van der Waals surface area contributed by atoms with E-state index in [4.69, 9.17) is 0 Å².